The number of esters is 2. The van der Waals surface area contributed by atoms with Crippen LogP contribution in [0.4, 0.5) is 0 Å². The number of carbonyl (C=O) groups excluding carboxylic acids is 2. The number of rotatable bonds is 35. The summed E-state index contributed by atoms with van der Waals surface area (Å²) in [7, 11) is -4.75. The highest BCUT2D eigenvalue weighted by molar-refractivity contribution is 7.46. The molecular formula is C38H71O8P. The Hall–Kier alpha value is -1.47. The first-order valence-electron chi connectivity index (χ1n) is 19.1. The zero-order valence-corrected chi connectivity index (χ0v) is 31.1. The van der Waals surface area contributed by atoms with Crippen molar-refractivity contribution in [2.75, 3.05) is 13.2 Å². The van der Waals surface area contributed by atoms with E-state index in [-0.39, 0.29) is 19.4 Å². The molecule has 0 heterocycles. The van der Waals surface area contributed by atoms with Gasteiger partial charge in [-0.3, -0.25) is 14.1 Å². The smallest absolute Gasteiger partial charge is 0.462 e. The van der Waals surface area contributed by atoms with Crippen molar-refractivity contribution in [3.05, 3.63) is 24.3 Å². The molecule has 0 spiro atoms. The van der Waals surface area contributed by atoms with Crippen molar-refractivity contribution in [3.8, 4) is 0 Å². The highest BCUT2D eigenvalue weighted by atomic mass is 31.2. The molecule has 0 rings (SSSR count). The van der Waals surface area contributed by atoms with E-state index in [0.717, 1.165) is 57.8 Å². The predicted octanol–water partition coefficient (Wildman–Crippen LogP) is 11.2. The molecule has 8 nitrogen and oxygen atoms in total. The first-order valence-corrected chi connectivity index (χ1v) is 20.7. The molecule has 0 saturated heterocycles. The molecule has 9 heteroatoms. The molecule has 0 aliphatic carbocycles. The zero-order chi connectivity index (χ0) is 34.7. The minimum atomic E-state index is -4.75. The summed E-state index contributed by atoms with van der Waals surface area (Å²) in [4.78, 5) is 42.7. The molecule has 1 unspecified atom stereocenters. The van der Waals surface area contributed by atoms with Crippen LogP contribution in [-0.4, -0.2) is 41.0 Å². The summed E-state index contributed by atoms with van der Waals surface area (Å²) in [6, 6.07) is 0. The fraction of sp³-hybridized carbons (Fsp3) is 0.842. The minimum Gasteiger partial charge on any atom is -0.462 e. The highest BCUT2D eigenvalue weighted by Gasteiger charge is 2.22. The van der Waals surface area contributed by atoms with Crippen LogP contribution in [0, 0.1) is 0 Å². The fourth-order valence-electron chi connectivity index (χ4n) is 5.34. The minimum absolute atomic E-state index is 0.198. The topological polar surface area (TPSA) is 119 Å². The summed E-state index contributed by atoms with van der Waals surface area (Å²) in [5.74, 6) is -0.896. The van der Waals surface area contributed by atoms with Crippen molar-refractivity contribution >= 4 is 19.8 Å². The van der Waals surface area contributed by atoms with E-state index < -0.39 is 32.5 Å². The van der Waals surface area contributed by atoms with Crippen LogP contribution in [0.25, 0.3) is 0 Å². The maximum Gasteiger partial charge on any atom is 0.469 e. The molecule has 0 bridgehead atoms. The summed E-state index contributed by atoms with van der Waals surface area (Å²) < 4.78 is 26.3. The van der Waals surface area contributed by atoms with Crippen LogP contribution in [0.3, 0.4) is 0 Å². The van der Waals surface area contributed by atoms with Crippen LogP contribution in [0.2, 0.25) is 0 Å². The van der Waals surface area contributed by atoms with E-state index in [0.29, 0.717) is 6.42 Å². The van der Waals surface area contributed by atoms with E-state index in [4.69, 9.17) is 19.3 Å². The third-order valence-corrected chi connectivity index (χ3v) is 8.71. The van der Waals surface area contributed by atoms with Gasteiger partial charge in [-0.15, -0.1) is 0 Å². The van der Waals surface area contributed by atoms with Crippen molar-refractivity contribution in [1.29, 1.82) is 0 Å². The lowest BCUT2D eigenvalue weighted by Crippen LogP contribution is -2.29. The highest BCUT2D eigenvalue weighted by Crippen LogP contribution is 2.36. The number of hydrogen-bond acceptors (Lipinski definition) is 6. The molecular weight excluding hydrogens is 615 g/mol. The van der Waals surface area contributed by atoms with Crippen LogP contribution in [0.5, 0.6) is 0 Å². The molecule has 276 valence electrons. The normalized spacial score (nSPS) is 12.7. The SMILES string of the molecule is CCCCCC/C=C\C/C=C\CCCCCCCC(=O)OC(COC(=O)CCCCCCCCCCCCCCC)COP(=O)(O)O. The Morgan fingerprint density at radius 3 is 1.43 bits per heavy atom. The van der Waals surface area contributed by atoms with Gasteiger partial charge in [0.1, 0.15) is 6.61 Å². The lowest BCUT2D eigenvalue weighted by molar-refractivity contribution is -0.161. The number of ether oxygens (including phenoxy) is 2. The van der Waals surface area contributed by atoms with Gasteiger partial charge in [0, 0.05) is 12.8 Å². The second-order valence-electron chi connectivity index (χ2n) is 12.9. The van der Waals surface area contributed by atoms with Crippen LogP contribution < -0.4 is 0 Å². The molecule has 0 aromatic carbocycles. The summed E-state index contributed by atoms with van der Waals surface area (Å²) in [6.45, 7) is 3.65. The molecule has 2 N–H and O–H groups in total. The van der Waals surface area contributed by atoms with Crippen LogP contribution in [0.15, 0.2) is 24.3 Å². The second-order valence-corrected chi connectivity index (χ2v) is 14.1. The molecule has 0 aliphatic rings. The molecule has 0 saturated carbocycles. The van der Waals surface area contributed by atoms with Gasteiger partial charge in [0.05, 0.1) is 6.61 Å². The van der Waals surface area contributed by atoms with Crippen LogP contribution >= 0.6 is 7.82 Å². The number of phosphoric acid groups is 1. The third-order valence-electron chi connectivity index (χ3n) is 8.22. The molecule has 0 aliphatic heterocycles. The lowest BCUT2D eigenvalue weighted by Gasteiger charge is -2.18. The van der Waals surface area contributed by atoms with Crippen molar-refractivity contribution < 1.29 is 37.9 Å². The molecule has 0 fully saturated rings. The number of hydrogen-bond donors (Lipinski definition) is 2. The third kappa shape index (κ3) is 37.2. The van der Waals surface area contributed by atoms with E-state index in [1.807, 2.05) is 0 Å². The van der Waals surface area contributed by atoms with Crippen molar-refractivity contribution in [1.82, 2.24) is 0 Å². The molecule has 47 heavy (non-hydrogen) atoms. The standard InChI is InChI=1S/C38H71O8P/c1-3-5-7-9-11-13-15-17-18-19-21-23-25-27-29-31-33-38(40)46-36(35-45-47(41,42)43)34-44-37(39)32-30-28-26-24-22-20-16-14-12-10-8-6-4-2/h13,15,18-19,36H,3-12,14,16-17,20-35H2,1-2H3,(H2,41,42,43)/b15-13-,19-18-. The summed E-state index contributed by atoms with van der Waals surface area (Å²) in [5, 5.41) is 0. The monoisotopic (exact) mass is 686 g/mol. The van der Waals surface area contributed by atoms with Gasteiger partial charge in [-0.2, -0.15) is 0 Å². The fourth-order valence-corrected chi connectivity index (χ4v) is 5.70. The Morgan fingerprint density at radius 1 is 0.553 bits per heavy atom. The molecule has 1 atom stereocenters. The van der Waals surface area contributed by atoms with Crippen molar-refractivity contribution in [3.63, 3.8) is 0 Å². The van der Waals surface area contributed by atoms with Gasteiger partial charge >= 0.3 is 19.8 Å². The number of unbranched alkanes of at least 4 members (excludes halogenated alkanes) is 21. The molecule has 0 aromatic rings. The first-order chi connectivity index (χ1) is 22.8. The Morgan fingerprint density at radius 2 is 0.957 bits per heavy atom. The van der Waals surface area contributed by atoms with E-state index >= 15 is 0 Å². The Kier molecular flexibility index (Phi) is 33.3. The first kappa shape index (κ1) is 45.5. The maximum absolute atomic E-state index is 12.4. The zero-order valence-electron chi connectivity index (χ0n) is 30.2. The second kappa shape index (κ2) is 34.4. The van der Waals surface area contributed by atoms with Gasteiger partial charge in [-0.1, -0.05) is 154 Å². The van der Waals surface area contributed by atoms with Gasteiger partial charge < -0.3 is 19.3 Å². The number of carbonyl (C=O) groups is 2. The van der Waals surface area contributed by atoms with E-state index in [2.05, 4.69) is 42.7 Å². The summed E-state index contributed by atoms with van der Waals surface area (Å²) >= 11 is 0. The number of allylic oxidation sites excluding steroid dienone is 4. The van der Waals surface area contributed by atoms with Gasteiger partial charge in [-0.05, 0) is 44.9 Å². The number of phosphoric ester groups is 1. The van der Waals surface area contributed by atoms with E-state index in [9.17, 15) is 14.2 Å². The average molecular weight is 687 g/mol. The van der Waals surface area contributed by atoms with E-state index in [1.54, 1.807) is 0 Å². The summed E-state index contributed by atoms with van der Waals surface area (Å²) in [6.07, 6.45) is 37.5. The van der Waals surface area contributed by atoms with Gasteiger partial charge in [0.15, 0.2) is 6.10 Å². The summed E-state index contributed by atoms with van der Waals surface area (Å²) in [5.41, 5.74) is 0. The Balaban J connectivity index is 3.98. The molecule has 0 amide bonds. The largest absolute Gasteiger partial charge is 0.469 e. The van der Waals surface area contributed by atoms with E-state index in [1.165, 1.54) is 96.3 Å². The molecule has 0 aromatic heterocycles. The quantitative estimate of drug-likeness (QED) is 0.0292. The van der Waals surface area contributed by atoms with Crippen molar-refractivity contribution in [2.45, 2.75) is 193 Å². The Bertz CT molecular complexity index is 823. The predicted molar refractivity (Wildman–Crippen MR) is 193 cm³/mol. The lowest BCUT2D eigenvalue weighted by atomic mass is 10.0. The average Bonchev–Trinajstić information content (AvgIpc) is 3.03. The Labute approximate surface area is 288 Å². The van der Waals surface area contributed by atoms with Crippen LogP contribution in [-0.2, 0) is 28.2 Å². The van der Waals surface area contributed by atoms with Gasteiger partial charge in [-0.25, -0.2) is 4.57 Å². The maximum atomic E-state index is 12.4. The van der Waals surface area contributed by atoms with Crippen molar-refractivity contribution in [2.24, 2.45) is 0 Å². The van der Waals surface area contributed by atoms with Gasteiger partial charge in [0.2, 0.25) is 0 Å². The van der Waals surface area contributed by atoms with Crippen LogP contribution in [0.1, 0.15) is 187 Å². The van der Waals surface area contributed by atoms with Gasteiger partial charge in [0.25, 0.3) is 0 Å². The molecule has 0 radical (unpaired) electrons.